The van der Waals surface area contributed by atoms with Crippen LogP contribution in [0.15, 0.2) is 24.3 Å². The quantitative estimate of drug-likeness (QED) is 0.807. The Morgan fingerprint density at radius 2 is 1.95 bits per heavy atom. The third kappa shape index (κ3) is 4.99. The number of hydrogen-bond donors (Lipinski definition) is 0. The van der Waals surface area contributed by atoms with E-state index in [-0.39, 0.29) is 18.2 Å². The Kier molecular flexibility index (Phi) is 5.63. The SMILES string of the molecule is CC(C)(C)c1ccc(O[C@@H]2CCCN(CCCF)C2)cc1. The molecule has 1 aliphatic heterocycles. The van der Waals surface area contributed by atoms with Crippen LogP contribution in [0, 0.1) is 0 Å². The summed E-state index contributed by atoms with van der Waals surface area (Å²) >= 11 is 0. The van der Waals surface area contributed by atoms with Gasteiger partial charge in [0.15, 0.2) is 0 Å². The third-order valence-corrected chi connectivity index (χ3v) is 4.09. The third-order valence-electron chi connectivity index (χ3n) is 4.09. The van der Waals surface area contributed by atoms with Gasteiger partial charge in [-0.1, -0.05) is 32.9 Å². The predicted octanol–water partition coefficient (Wildman–Crippen LogP) is 4.19. The zero-order valence-corrected chi connectivity index (χ0v) is 13.6. The largest absolute Gasteiger partial charge is 0.489 e. The van der Waals surface area contributed by atoms with Crippen molar-refractivity contribution in [2.24, 2.45) is 0 Å². The molecule has 2 nitrogen and oxygen atoms in total. The highest BCUT2D eigenvalue weighted by Gasteiger charge is 2.21. The van der Waals surface area contributed by atoms with Gasteiger partial charge in [-0.15, -0.1) is 0 Å². The normalized spacial score (nSPS) is 20.5. The van der Waals surface area contributed by atoms with Gasteiger partial charge >= 0.3 is 0 Å². The fourth-order valence-corrected chi connectivity index (χ4v) is 2.82. The average Bonchev–Trinajstić information content (AvgIpc) is 2.45. The van der Waals surface area contributed by atoms with Gasteiger partial charge in [-0.2, -0.15) is 0 Å². The number of halogens is 1. The summed E-state index contributed by atoms with van der Waals surface area (Å²) in [5, 5.41) is 0. The molecule has 0 bridgehead atoms. The molecule has 1 aromatic carbocycles. The highest BCUT2D eigenvalue weighted by Crippen LogP contribution is 2.25. The standard InChI is InChI=1S/C18H28FNO/c1-18(2,3)15-7-9-16(10-8-15)21-17-6-4-12-20(14-17)13-5-11-19/h7-10,17H,4-6,11-14H2,1-3H3/t17-/m1/s1. The molecule has 0 radical (unpaired) electrons. The van der Waals surface area contributed by atoms with Crippen LogP contribution in [-0.4, -0.2) is 37.3 Å². The number of rotatable bonds is 5. The topological polar surface area (TPSA) is 12.5 Å². The number of ether oxygens (including phenoxy) is 1. The first-order valence-electron chi connectivity index (χ1n) is 8.04. The Balaban J connectivity index is 1.89. The molecule has 1 atom stereocenters. The molecular weight excluding hydrogens is 265 g/mol. The zero-order chi connectivity index (χ0) is 15.3. The Morgan fingerprint density at radius 1 is 1.24 bits per heavy atom. The van der Waals surface area contributed by atoms with Crippen LogP contribution < -0.4 is 4.74 Å². The minimum absolute atomic E-state index is 0.173. The van der Waals surface area contributed by atoms with Crippen LogP contribution >= 0.6 is 0 Å². The van der Waals surface area contributed by atoms with E-state index in [0.717, 1.165) is 38.2 Å². The summed E-state index contributed by atoms with van der Waals surface area (Å²) in [5.41, 5.74) is 1.50. The highest BCUT2D eigenvalue weighted by molar-refractivity contribution is 5.31. The lowest BCUT2D eigenvalue weighted by Crippen LogP contribution is -2.41. The lowest BCUT2D eigenvalue weighted by molar-refractivity contribution is 0.0866. The van der Waals surface area contributed by atoms with E-state index in [4.69, 9.17) is 4.74 Å². The minimum atomic E-state index is -0.226. The summed E-state index contributed by atoms with van der Waals surface area (Å²) in [4.78, 5) is 2.32. The monoisotopic (exact) mass is 293 g/mol. The molecule has 0 spiro atoms. The van der Waals surface area contributed by atoms with Crippen molar-refractivity contribution in [3.8, 4) is 5.75 Å². The maximum Gasteiger partial charge on any atom is 0.119 e. The van der Waals surface area contributed by atoms with E-state index in [2.05, 4.69) is 49.9 Å². The summed E-state index contributed by atoms with van der Waals surface area (Å²) in [7, 11) is 0. The maximum absolute atomic E-state index is 12.3. The average molecular weight is 293 g/mol. The second-order valence-electron chi connectivity index (χ2n) is 7.00. The van der Waals surface area contributed by atoms with Crippen molar-refractivity contribution in [1.29, 1.82) is 0 Å². The van der Waals surface area contributed by atoms with Crippen LogP contribution in [0.5, 0.6) is 5.75 Å². The molecule has 1 fully saturated rings. The molecule has 2 rings (SSSR count). The predicted molar refractivity (Wildman–Crippen MR) is 85.8 cm³/mol. The van der Waals surface area contributed by atoms with Gasteiger partial charge in [0.25, 0.3) is 0 Å². The molecule has 1 saturated heterocycles. The smallest absolute Gasteiger partial charge is 0.119 e. The molecule has 1 aromatic rings. The van der Waals surface area contributed by atoms with Gasteiger partial charge < -0.3 is 4.74 Å². The minimum Gasteiger partial charge on any atom is -0.489 e. The van der Waals surface area contributed by atoms with E-state index in [9.17, 15) is 4.39 Å². The van der Waals surface area contributed by atoms with Gasteiger partial charge in [0, 0.05) is 13.1 Å². The van der Waals surface area contributed by atoms with E-state index in [1.165, 1.54) is 5.56 Å². The fraction of sp³-hybridized carbons (Fsp3) is 0.667. The summed E-state index contributed by atoms with van der Waals surface area (Å²) in [6.45, 7) is 9.26. The van der Waals surface area contributed by atoms with Crippen LogP contribution in [0.3, 0.4) is 0 Å². The molecule has 21 heavy (non-hydrogen) atoms. The van der Waals surface area contributed by atoms with Gasteiger partial charge in [-0.05, 0) is 48.9 Å². The molecule has 118 valence electrons. The number of piperidine rings is 1. The molecule has 1 heterocycles. The summed E-state index contributed by atoms with van der Waals surface area (Å²) in [5.74, 6) is 0.945. The van der Waals surface area contributed by atoms with E-state index >= 15 is 0 Å². The van der Waals surface area contributed by atoms with Gasteiger partial charge in [0.1, 0.15) is 11.9 Å². The molecule has 3 heteroatoms. The first kappa shape index (κ1) is 16.3. The number of nitrogens with zero attached hydrogens (tertiary/aromatic N) is 1. The Hall–Kier alpha value is -1.09. The number of benzene rings is 1. The van der Waals surface area contributed by atoms with Crippen LogP contribution in [0.2, 0.25) is 0 Å². The first-order valence-corrected chi connectivity index (χ1v) is 8.04. The molecule has 0 N–H and O–H groups in total. The van der Waals surface area contributed by atoms with Crippen molar-refractivity contribution in [3.63, 3.8) is 0 Å². The molecular formula is C18H28FNO. The van der Waals surface area contributed by atoms with E-state index in [0.29, 0.717) is 6.42 Å². The molecule has 0 amide bonds. The van der Waals surface area contributed by atoms with Gasteiger partial charge in [0.2, 0.25) is 0 Å². The van der Waals surface area contributed by atoms with Crippen molar-refractivity contribution in [2.75, 3.05) is 26.3 Å². The van der Waals surface area contributed by atoms with Crippen LogP contribution in [0.4, 0.5) is 4.39 Å². The van der Waals surface area contributed by atoms with Crippen molar-refractivity contribution < 1.29 is 9.13 Å². The number of hydrogen-bond acceptors (Lipinski definition) is 2. The Morgan fingerprint density at radius 3 is 2.57 bits per heavy atom. The lowest BCUT2D eigenvalue weighted by atomic mass is 9.87. The zero-order valence-electron chi connectivity index (χ0n) is 13.6. The van der Waals surface area contributed by atoms with Crippen LogP contribution in [0.25, 0.3) is 0 Å². The van der Waals surface area contributed by atoms with Gasteiger partial charge in [0.05, 0.1) is 6.67 Å². The van der Waals surface area contributed by atoms with E-state index < -0.39 is 0 Å². The van der Waals surface area contributed by atoms with Gasteiger partial charge in [-0.25, -0.2) is 0 Å². The van der Waals surface area contributed by atoms with Crippen LogP contribution in [-0.2, 0) is 5.41 Å². The molecule has 0 aromatic heterocycles. The Bertz CT molecular complexity index is 424. The van der Waals surface area contributed by atoms with Crippen molar-refractivity contribution >= 4 is 0 Å². The summed E-state index contributed by atoms with van der Waals surface area (Å²) in [6, 6.07) is 8.44. The van der Waals surface area contributed by atoms with Crippen molar-refractivity contribution in [3.05, 3.63) is 29.8 Å². The Labute approximate surface area is 128 Å². The van der Waals surface area contributed by atoms with Crippen molar-refractivity contribution in [1.82, 2.24) is 4.90 Å². The molecule has 1 aliphatic rings. The van der Waals surface area contributed by atoms with Crippen molar-refractivity contribution in [2.45, 2.75) is 51.6 Å². The fourth-order valence-electron chi connectivity index (χ4n) is 2.82. The second kappa shape index (κ2) is 7.26. The second-order valence-corrected chi connectivity index (χ2v) is 7.00. The molecule has 0 saturated carbocycles. The van der Waals surface area contributed by atoms with Crippen LogP contribution in [0.1, 0.15) is 45.6 Å². The first-order chi connectivity index (χ1) is 9.99. The lowest BCUT2D eigenvalue weighted by Gasteiger charge is -2.32. The number of likely N-dealkylation sites (tertiary alicyclic amines) is 1. The van der Waals surface area contributed by atoms with Gasteiger partial charge in [-0.3, -0.25) is 9.29 Å². The highest BCUT2D eigenvalue weighted by atomic mass is 19.1. The summed E-state index contributed by atoms with van der Waals surface area (Å²) in [6.07, 6.45) is 3.09. The van der Waals surface area contributed by atoms with E-state index in [1.807, 2.05) is 0 Å². The number of alkyl halides is 1. The van der Waals surface area contributed by atoms with E-state index in [1.54, 1.807) is 0 Å². The maximum atomic E-state index is 12.3. The summed E-state index contributed by atoms with van der Waals surface area (Å²) < 4.78 is 18.4. The molecule has 0 aliphatic carbocycles. The molecule has 0 unspecified atom stereocenters.